The molecule has 0 spiro atoms. The van der Waals surface area contributed by atoms with Crippen molar-refractivity contribution < 1.29 is 4.42 Å². The molecule has 2 heterocycles. The highest BCUT2D eigenvalue weighted by atomic mass is 16.3. The van der Waals surface area contributed by atoms with Gasteiger partial charge in [-0.3, -0.25) is 0 Å². The summed E-state index contributed by atoms with van der Waals surface area (Å²) in [4.78, 5) is 15.7. The van der Waals surface area contributed by atoms with Crippen LogP contribution in [0.3, 0.4) is 0 Å². The Morgan fingerprint density at radius 3 is 1.89 bits per heavy atom. The molecule has 0 saturated heterocycles. The molecule has 0 radical (unpaired) electrons. The second-order valence-electron chi connectivity index (χ2n) is 13.5. The largest absolute Gasteiger partial charge is 0.456 e. The molecule has 250 valence electrons. The zero-order valence-corrected chi connectivity index (χ0v) is 28.9. The predicted octanol–water partition coefficient (Wildman–Crippen LogP) is 13.0. The van der Waals surface area contributed by atoms with Crippen molar-refractivity contribution in [2.45, 2.75) is 12.8 Å². The minimum absolute atomic E-state index is 0.623. The van der Waals surface area contributed by atoms with Crippen LogP contribution in [-0.4, -0.2) is 15.0 Å². The lowest BCUT2D eigenvalue weighted by Crippen LogP contribution is -2.04. The van der Waals surface area contributed by atoms with Gasteiger partial charge in [-0.25, -0.2) is 15.0 Å². The van der Waals surface area contributed by atoms with E-state index in [2.05, 4.69) is 158 Å². The Labute approximate surface area is 307 Å². The molecule has 4 heteroatoms. The van der Waals surface area contributed by atoms with Gasteiger partial charge < -0.3 is 4.42 Å². The summed E-state index contributed by atoms with van der Waals surface area (Å²) in [6, 6.07) is 55.3. The first kappa shape index (κ1) is 30.9. The van der Waals surface area contributed by atoms with Crippen molar-refractivity contribution in [3.8, 4) is 56.2 Å². The molecule has 53 heavy (non-hydrogen) atoms. The quantitative estimate of drug-likeness (QED) is 0.175. The minimum Gasteiger partial charge on any atom is -0.456 e. The maximum Gasteiger partial charge on any atom is 0.165 e. The Morgan fingerprint density at radius 2 is 1.08 bits per heavy atom. The van der Waals surface area contributed by atoms with Crippen LogP contribution in [0.5, 0.6) is 0 Å². The highest BCUT2D eigenvalue weighted by molar-refractivity contribution is 6.15. The van der Waals surface area contributed by atoms with Crippen LogP contribution in [0, 0.1) is 0 Å². The maximum absolute atomic E-state index is 6.45. The van der Waals surface area contributed by atoms with Gasteiger partial charge in [0, 0.05) is 21.9 Å². The summed E-state index contributed by atoms with van der Waals surface area (Å²) in [5.74, 6) is 1.96. The number of allylic oxidation sites excluding steroid dienone is 4. The molecule has 1 aliphatic rings. The molecule has 0 amide bonds. The lowest BCUT2D eigenvalue weighted by Gasteiger charge is -2.15. The van der Waals surface area contributed by atoms with Crippen molar-refractivity contribution in [2.75, 3.05) is 0 Å². The lowest BCUT2D eigenvalue weighted by atomic mass is 9.92. The van der Waals surface area contributed by atoms with Crippen LogP contribution in [-0.2, 0) is 0 Å². The van der Waals surface area contributed by atoms with E-state index in [1.165, 1.54) is 27.5 Å². The molecule has 0 atom stereocenters. The normalized spacial score (nSPS) is 12.8. The highest BCUT2D eigenvalue weighted by Gasteiger charge is 2.22. The third kappa shape index (κ3) is 5.62. The number of aromatic nitrogens is 3. The Bertz CT molecular complexity index is 2860. The third-order valence-electron chi connectivity index (χ3n) is 10.3. The highest BCUT2D eigenvalue weighted by Crippen LogP contribution is 2.43. The third-order valence-corrected chi connectivity index (χ3v) is 10.3. The Morgan fingerprint density at radius 1 is 0.434 bits per heavy atom. The first-order valence-corrected chi connectivity index (χ1v) is 18.1. The number of furan rings is 1. The number of para-hydroxylation sites is 1. The van der Waals surface area contributed by atoms with Crippen molar-refractivity contribution >= 4 is 38.3 Å². The Hall–Kier alpha value is -6.91. The summed E-state index contributed by atoms with van der Waals surface area (Å²) in [5.41, 5.74) is 11.4. The van der Waals surface area contributed by atoms with Gasteiger partial charge in [0.2, 0.25) is 0 Å². The number of fused-ring (bicyclic) bond motifs is 4. The molecule has 0 unspecified atom stereocenters. The van der Waals surface area contributed by atoms with Crippen molar-refractivity contribution in [1.82, 2.24) is 15.0 Å². The lowest BCUT2D eigenvalue weighted by molar-refractivity contribution is 0.669. The van der Waals surface area contributed by atoms with Gasteiger partial charge in [-0.2, -0.15) is 0 Å². The average Bonchev–Trinajstić information content (AvgIpc) is 3.63. The monoisotopic (exact) mass is 679 g/mol. The van der Waals surface area contributed by atoms with Crippen LogP contribution >= 0.6 is 0 Å². The molecule has 0 bridgehead atoms. The predicted molar refractivity (Wildman–Crippen MR) is 218 cm³/mol. The molecule has 0 aliphatic heterocycles. The van der Waals surface area contributed by atoms with Gasteiger partial charge in [0.05, 0.1) is 0 Å². The molecule has 0 saturated carbocycles. The molecule has 0 fully saturated rings. The fourth-order valence-electron chi connectivity index (χ4n) is 7.59. The molecule has 4 nitrogen and oxygen atoms in total. The van der Waals surface area contributed by atoms with E-state index in [-0.39, 0.29) is 0 Å². The summed E-state index contributed by atoms with van der Waals surface area (Å²) in [6.45, 7) is 0. The van der Waals surface area contributed by atoms with Crippen molar-refractivity contribution in [2.24, 2.45) is 0 Å². The van der Waals surface area contributed by atoms with Crippen LogP contribution in [0.2, 0.25) is 0 Å². The Kier molecular flexibility index (Phi) is 7.58. The van der Waals surface area contributed by atoms with Gasteiger partial charge in [-0.15, -0.1) is 0 Å². The second-order valence-corrected chi connectivity index (χ2v) is 13.5. The first-order chi connectivity index (χ1) is 26.3. The van der Waals surface area contributed by atoms with Crippen LogP contribution < -0.4 is 0 Å². The van der Waals surface area contributed by atoms with E-state index in [0.29, 0.717) is 17.5 Å². The number of hydrogen-bond donors (Lipinski definition) is 0. The molecular weight excluding hydrogens is 647 g/mol. The molecule has 0 N–H and O–H groups in total. The van der Waals surface area contributed by atoms with Crippen molar-refractivity contribution in [3.63, 3.8) is 0 Å². The van der Waals surface area contributed by atoms with Gasteiger partial charge in [0.25, 0.3) is 0 Å². The summed E-state index contributed by atoms with van der Waals surface area (Å²) in [5, 5.41) is 4.50. The van der Waals surface area contributed by atoms with Gasteiger partial charge in [-0.1, -0.05) is 158 Å². The summed E-state index contributed by atoms with van der Waals surface area (Å²) < 4.78 is 6.45. The molecule has 9 aromatic rings. The molecule has 1 aliphatic carbocycles. The van der Waals surface area contributed by atoms with E-state index in [0.717, 1.165) is 68.2 Å². The molecule has 2 aromatic heterocycles. The van der Waals surface area contributed by atoms with E-state index in [9.17, 15) is 0 Å². The number of benzene rings is 7. The number of nitrogens with zero attached hydrogens (tertiary/aromatic N) is 3. The SMILES string of the molecule is C1=CCCC(c2nc(-c3ccc(-c4ccccc4)cc3)nc(-c3c(-c4ccc(-c5cccc6ccccc56)cc4)ccc4oc5ccccc5c34)n2)=C1. The zero-order chi connectivity index (χ0) is 35.1. The zero-order valence-electron chi connectivity index (χ0n) is 28.9. The minimum atomic E-state index is 0.623. The smallest absolute Gasteiger partial charge is 0.165 e. The van der Waals surface area contributed by atoms with Gasteiger partial charge in [0.1, 0.15) is 11.2 Å². The van der Waals surface area contributed by atoms with E-state index >= 15 is 0 Å². The first-order valence-electron chi connectivity index (χ1n) is 18.1. The van der Waals surface area contributed by atoms with Gasteiger partial charge in [0.15, 0.2) is 17.5 Å². The number of hydrogen-bond acceptors (Lipinski definition) is 4. The van der Waals surface area contributed by atoms with E-state index in [1.54, 1.807) is 0 Å². The van der Waals surface area contributed by atoms with Crippen molar-refractivity contribution in [1.29, 1.82) is 0 Å². The van der Waals surface area contributed by atoms with Crippen LogP contribution in [0.4, 0.5) is 0 Å². The molecule has 10 rings (SSSR count). The standard InChI is InChI=1S/C49H33N3O/c1-3-12-32(13-4-1)33-22-28-38(29-23-33)48-50-47(37-15-5-2-6-16-37)51-49(52-48)46-41(30-31-44-45(46)42-19-9-10-21-43(42)53-44)36-26-24-35(25-27-36)40-20-11-17-34-14-7-8-18-39(34)40/h1-5,7-15,17-31H,6,16H2. The summed E-state index contributed by atoms with van der Waals surface area (Å²) >= 11 is 0. The fourth-order valence-corrected chi connectivity index (χ4v) is 7.59. The van der Waals surface area contributed by atoms with Gasteiger partial charge >= 0.3 is 0 Å². The van der Waals surface area contributed by atoms with Crippen molar-refractivity contribution in [3.05, 3.63) is 182 Å². The number of rotatable bonds is 6. The summed E-state index contributed by atoms with van der Waals surface area (Å²) in [6.07, 6.45) is 8.24. The molecular formula is C49H33N3O. The van der Waals surface area contributed by atoms with E-state index < -0.39 is 0 Å². The fraction of sp³-hybridized carbons (Fsp3) is 0.0408. The maximum atomic E-state index is 6.45. The van der Waals surface area contributed by atoms with E-state index in [1.807, 2.05) is 18.2 Å². The average molecular weight is 680 g/mol. The second kappa shape index (κ2) is 13.0. The Balaban J connectivity index is 1.18. The van der Waals surface area contributed by atoms with Crippen LogP contribution in [0.25, 0.3) is 94.4 Å². The van der Waals surface area contributed by atoms with Crippen LogP contribution in [0.1, 0.15) is 18.7 Å². The summed E-state index contributed by atoms with van der Waals surface area (Å²) in [7, 11) is 0. The molecule has 7 aromatic carbocycles. The topological polar surface area (TPSA) is 51.8 Å². The van der Waals surface area contributed by atoms with Crippen LogP contribution in [0.15, 0.2) is 180 Å². The van der Waals surface area contributed by atoms with Gasteiger partial charge in [-0.05, 0) is 80.8 Å². The van der Waals surface area contributed by atoms with E-state index in [4.69, 9.17) is 19.4 Å².